The molecule has 8 nitrogen and oxygen atoms in total. The van der Waals surface area contributed by atoms with Crippen LogP contribution in [-0.4, -0.2) is 45.3 Å². The maximum atomic E-state index is 12.4. The molecule has 1 aliphatic heterocycles. The SMILES string of the molecule is CCNC(=O)C1CCCN(c2nc3c(cnn3C(C)(C)C)c(=O)[nH]2)C1. The fraction of sp³-hybridized carbons (Fsp3) is 0.647. The Hall–Kier alpha value is -2.38. The molecule has 2 aromatic heterocycles. The lowest BCUT2D eigenvalue weighted by molar-refractivity contribution is -0.125. The Balaban J connectivity index is 1.95. The molecule has 136 valence electrons. The maximum Gasteiger partial charge on any atom is 0.263 e. The summed E-state index contributed by atoms with van der Waals surface area (Å²) < 4.78 is 1.77. The minimum atomic E-state index is -0.273. The maximum absolute atomic E-state index is 12.4. The lowest BCUT2D eigenvalue weighted by Crippen LogP contribution is -2.44. The molecule has 1 saturated heterocycles. The minimum Gasteiger partial charge on any atom is -0.356 e. The van der Waals surface area contributed by atoms with Crippen LogP contribution >= 0.6 is 0 Å². The first-order valence-electron chi connectivity index (χ1n) is 8.82. The predicted molar refractivity (Wildman–Crippen MR) is 96.8 cm³/mol. The topological polar surface area (TPSA) is 95.9 Å². The van der Waals surface area contributed by atoms with Gasteiger partial charge in [0.15, 0.2) is 5.65 Å². The zero-order valence-electron chi connectivity index (χ0n) is 15.3. The predicted octanol–water partition coefficient (Wildman–Crippen LogP) is 1.23. The third-order valence-corrected chi connectivity index (χ3v) is 4.50. The van der Waals surface area contributed by atoms with Crippen molar-refractivity contribution in [3.8, 4) is 0 Å². The summed E-state index contributed by atoms with van der Waals surface area (Å²) in [6.07, 6.45) is 3.31. The Morgan fingerprint density at radius 2 is 2.20 bits per heavy atom. The Kier molecular flexibility index (Phi) is 4.53. The molecule has 3 heterocycles. The molecule has 1 aliphatic rings. The van der Waals surface area contributed by atoms with Crippen molar-refractivity contribution in [2.75, 3.05) is 24.5 Å². The van der Waals surface area contributed by atoms with E-state index in [4.69, 9.17) is 0 Å². The highest BCUT2D eigenvalue weighted by Crippen LogP contribution is 2.23. The second-order valence-corrected chi connectivity index (χ2v) is 7.53. The number of nitrogens with one attached hydrogen (secondary N) is 2. The summed E-state index contributed by atoms with van der Waals surface area (Å²) in [5, 5.41) is 7.70. The molecule has 25 heavy (non-hydrogen) atoms. The van der Waals surface area contributed by atoms with Crippen LogP contribution in [0.3, 0.4) is 0 Å². The Morgan fingerprint density at radius 1 is 1.44 bits per heavy atom. The summed E-state index contributed by atoms with van der Waals surface area (Å²) in [5.41, 5.74) is 0.104. The van der Waals surface area contributed by atoms with E-state index in [1.165, 1.54) is 0 Å². The summed E-state index contributed by atoms with van der Waals surface area (Å²) in [6, 6.07) is 0. The van der Waals surface area contributed by atoms with Gasteiger partial charge in [-0.2, -0.15) is 10.1 Å². The summed E-state index contributed by atoms with van der Waals surface area (Å²) in [4.78, 5) is 34.1. The first-order valence-corrected chi connectivity index (χ1v) is 8.82. The minimum absolute atomic E-state index is 0.0651. The van der Waals surface area contributed by atoms with Gasteiger partial charge in [0.2, 0.25) is 11.9 Å². The number of aromatic amines is 1. The molecule has 0 radical (unpaired) electrons. The van der Waals surface area contributed by atoms with E-state index in [0.717, 1.165) is 19.4 Å². The van der Waals surface area contributed by atoms with E-state index in [1.54, 1.807) is 10.9 Å². The summed E-state index contributed by atoms with van der Waals surface area (Å²) in [7, 11) is 0. The van der Waals surface area contributed by atoms with Crippen molar-refractivity contribution in [2.45, 2.75) is 46.1 Å². The average Bonchev–Trinajstić information content (AvgIpc) is 3.00. The van der Waals surface area contributed by atoms with Gasteiger partial charge >= 0.3 is 0 Å². The molecule has 2 N–H and O–H groups in total. The molecule has 2 aromatic rings. The van der Waals surface area contributed by atoms with Crippen LogP contribution in [0.25, 0.3) is 11.0 Å². The number of nitrogens with zero attached hydrogens (tertiary/aromatic N) is 4. The number of hydrogen-bond acceptors (Lipinski definition) is 5. The molecule has 0 bridgehead atoms. The molecule has 1 fully saturated rings. The van der Waals surface area contributed by atoms with Gasteiger partial charge in [0.05, 0.1) is 17.7 Å². The van der Waals surface area contributed by atoms with Crippen molar-refractivity contribution in [3.63, 3.8) is 0 Å². The van der Waals surface area contributed by atoms with Gasteiger partial charge in [-0.15, -0.1) is 0 Å². The molecule has 0 aliphatic carbocycles. The van der Waals surface area contributed by atoms with Gasteiger partial charge in [-0.05, 0) is 40.5 Å². The van der Waals surface area contributed by atoms with Crippen molar-refractivity contribution in [2.24, 2.45) is 5.92 Å². The van der Waals surface area contributed by atoms with Crippen LogP contribution in [0.2, 0.25) is 0 Å². The summed E-state index contributed by atoms with van der Waals surface area (Å²) in [6.45, 7) is 9.94. The second kappa shape index (κ2) is 6.50. The van der Waals surface area contributed by atoms with E-state index in [-0.39, 0.29) is 22.9 Å². The molecular formula is C17H26N6O2. The van der Waals surface area contributed by atoms with Crippen LogP contribution in [0, 0.1) is 5.92 Å². The molecule has 1 amide bonds. The standard InChI is InChI=1S/C17H26N6O2/c1-5-18-14(24)11-7-6-8-22(10-11)16-20-13-12(15(25)21-16)9-19-23(13)17(2,3)4/h9,11H,5-8,10H2,1-4H3,(H,18,24)(H,20,21,25). The largest absolute Gasteiger partial charge is 0.356 e. The van der Waals surface area contributed by atoms with Crippen molar-refractivity contribution in [1.29, 1.82) is 0 Å². The van der Waals surface area contributed by atoms with E-state index >= 15 is 0 Å². The number of anilines is 1. The van der Waals surface area contributed by atoms with Crippen molar-refractivity contribution >= 4 is 22.9 Å². The second-order valence-electron chi connectivity index (χ2n) is 7.53. The fourth-order valence-electron chi connectivity index (χ4n) is 3.25. The van der Waals surface area contributed by atoms with Crippen LogP contribution in [0.1, 0.15) is 40.5 Å². The number of H-pyrrole nitrogens is 1. The highest BCUT2D eigenvalue weighted by Gasteiger charge is 2.28. The van der Waals surface area contributed by atoms with Crippen LogP contribution in [0.5, 0.6) is 0 Å². The number of rotatable bonds is 3. The molecule has 3 rings (SSSR count). The molecule has 1 atom stereocenters. The van der Waals surface area contributed by atoms with Crippen LogP contribution in [0.15, 0.2) is 11.0 Å². The monoisotopic (exact) mass is 346 g/mol. The third-order valence-electron chi connectivity index (χ3n) is 4.50. The van der Waals surface area contributed by atoms with E-state index in [9.17, 15) is 9.59 Å². The zero-order chi connectivity index (χ0) is 18.2. The van der Waals surface area contributed by atoms with Crippen molar-refractivity contribution in [3.05, 3.63) is 16.6 Å². The van der Waals surface area contributed by atoms with Crippen LogP contribution < -0.4 is 15.8 Å². The van der Waals surface area contributed by atoms with Crippen LogP contribution in [0.4, 0.5) is 5.95 Å². The first-order chi connectivity index (χ1) is 11.8. The molecule has 8 heteroatoms. The van der Waals surface area contributed by atoms with Gasteiger partial charge in [0, 0.05) is 19.6 Å². The van der Waals surface area contributed by atoms with Crippen LogP contribution in [-0.2, 0) is 10.3 Å². The number of carbonyl (C=O) groups is 1. The number of piperidine rings is 1. The van der Waals surface area contributed by atoms with E-state index in [0.29, 0.717) is 30.1 Å². The molecule has 0 aromatic carbocycles. The average molecular weight is 346 g/mol. The Bertz CT molecular complexity index is 832. The highest BCUT2D eigenvalue weighted by molar-refractivity contribution is 5.79. The Labute approximate surface area is 146 Å². The van der Waals surface area contributed by atoms with E-state index < -0.39 is 0 Å². The molecule has 0 saturated carbocycles. The number of hydrogen-bond donors (Lipinski definition) is 2. The van der Waals surface area contributed by atoms with Gasteiger partial charge in [-0.3, -0.25) is 14.6 Å². The van der Waals surface area contributed by atoms with Gasteiger partial charge in [-0.1, -0.05) is 0 Å². The van der Waals surface area contributed by atoms with Gasteiger partial charge in [-0.25, -0.2) is 4.68 Å². The number of amides is 1. The van der Waals surface area contributed by atoms with Gasteiger partial charge < -0.3 is 10.2 Å². The van der Waals surface area contributed by atoms with Gasteiger partial charge in [0.25, 0.3) is 5.56 Å². The normalized spacial score (nSPS) is 18.6. The smallest absolute Gasteiger partial charge is 0.263 e. The first kappa shape index (κ1) is 17.4. The van der Waals surface area contributed by atoms with Crippen molar-refractivity contribution < 1.29 is 4.79 Å². The summed E-state index contributed by atoms with van der Waals surface area (Å²) in [5.74, 6) is 0.495. The molecule has 0 spiro atoms. The number of fused-ring (bicyclic) bond motifs is 1. The third kappa shape index (κ3) is 3.38. The Morgan fingerprint density at radius 3 is 2.88 bits per heavy atom. The lowest BCUT2D eigenvalue weighted by atomic mass is 9.97. The van der Waals surface area contributed by atoms with E-state index in [2.05, 4.69) is 20.4 Å². The molecular weight excluding hydrogens is 320 g/mol. The fourth-order valence-corrected chi connectivity index (χ4v) is 3.25. The summed E-state index contributed by atoms with van der Waals surface area (Å²) >= 11 is 0. The highest BCUT2D eigenvalue weighted by atomic mass is 16.2. The quantitative estimate of drug-likeness (QED) is 0.871. The number of carbonyl (C=O) groups excluding carboxylic acids is 1. The molecule has 1 unspecified atom stereocenters. The zero-order valence-corrected chi connectivity index (χ0v) is 15.3. The lowest BCUT2D eigenvalue weighted by Gasteiger charge is -2.32. The van der Waals surface area contributed by atoms with E-state index in [1.807, 2.05) is 32.6 Å². The number of aromatic nitrogens is 4. The van der Waals surface area contributed by atoms with Crippen molar-refractivity contribution in [1.82, 2.24) is 25.1 Å². The van der Waals surface area contributed by atoms with Gasteiger partial charge in [0.1, 0.15) is 5.39 Å².